The van der Waals surface area contributed by atoms with Crippen LogP contribution >= 0.6 is 11.6 Å². The summed E-state index contributed by atoms with van der Waals surface area (Å²) in [6.45, 7) is 5.91. The fourth-order valence-corrected chi connectivity index (χ4v) is 3.16. The quantitative estimate of drug-likeness (QED) is 0.655. The Morgan fingerprint density at radius 1 is 1.19 bits per heavy atom. The molecule has 1 unspecified atom stereocenters. The van der Waals surface area contributed by atoms with Crippen molar-refractivity contribution < 1.29 is 9.32 Å². The molecule has 0 radical (unpaired) electrons. The molecule has 5 nitrogen and oxygen atoms in total. The third kappa shape index (κ3) is 3.78. The molecule has 2 heterocycles. The molecule has 6 heteroatoms. The Morgan fingerprint density at radius 3 is 2.50 bits per heavy atom. The van der Waals surface area contributed by atoms with Crippen LogP contribution in [0.25, 0.3) is 0 Å². The van der Waals surface area contributed by atoms with Gasteiger partial charge in [-0.1, -0.05) is 22.8 Å². The van der Waals surface area contributed by atoms with Gasteiger partial charge in [0.1, 0.15) is 5.76 Å². The molecule has 1 atom stereocenters. The molecular formula is C20H20ClN3O2. The van der Waals surface area contributed by atoms with E-state index in [0.29, 0.717) is 17.3 Å². The van der Waals surface area contributed by atoms with Crippen molar-refractivity contribution in [1.29, 1.82) is 0 Å². The van der Waals surface area contributed by atoms with Gasteiger partial charge in [-0.25, -0.2) is 0 Å². The highest BCUT2D eigenvalue weighted by atomic mass is 35.5. The van der Waals surface area contributed by atoms with E-state index in [1.54, 1.807) is 23.2 Å². The number of benzene rings is 1. The topological polar surface area (TPSA) is 59.2 Å². The van der Waals surface area contributed by atoms with Crippen LogP contribution in [0.15, 0.2) is 53.2 Å². The molecule has 0 fully saturated rings. The zero-order valence-corrected chi connectivity index (χ0v) is 15.7. The highest BCUT2D eigenvalue weighted by molar-refractivity contribution is 6.30. The van der Waals surface area contributed by atoms with Crippen LogP contribution in [0.4, 0.5) is 5.69 Å². The van der Waals surface area contributed by atoms with Crippen LogP contribution in [0.2, 0.25) is 5.02 Å². The van der Waals surface area contributed by atoms with Crippen LogP contribution in [0.1, 0.15) is 35.6 Å². The molecule has 3 aromatic rings. The molecule has 0 N–H and O–H groups in total. The summed E-state index contributed by atoms with van der Waals surface area (Å²) in [5, 5.41) is 4.59. The highest BCUT2D eigenvalue weighted by Gasteiger charge is 2.28. The van der Waals surface area contributed by atoms with E-state index in [2.05, 4.69) is 10.1 Å². The molecule has 0 saturated heterocycles. The van der Waals surface area contributed by atoms with Crippen molar-refractivity contribution in [3.63, 3.8) is 0 Å². The predicted molar refractivity (Wildman–Crippen MR) is 101 cm³/mol. The van der Waals surface area contributed by atoms with Gasteiger partial charge in [-0.2, -0.15) is 0 Å². The number of anilines is 1. The minimum absolute atomic E-state index is 0.0487. The fraction of sp³-hybridized carbons (Fsp3) is 0.250. The summed E-state index contributed by atoms with van der Waals surface area (Å²) in [6.07, 6.45) is 1.72. The molecule has 0 aliphatic rings. The Kier molecular flexibility index (Phi) is 5.38. The largest absolute Gasteiger partial charge is 0.361 e. The molecule has 1 aromatic carbocycles. The van der Waals surface area contributed by atoms with Crippen LogP contribution in [0, 0.1) is 13.8 Å². The van der Waals surface area contributed by atoms with Gasteiger partial charge in [0.25, 0.3) is 0 Å². The smallest absolute Gasteiger partial charge is 0.234 e. The second-order valence-electron chi connectivity index (χ2n) is 6.18. The van der Waals surface area contributed by atoms with Crippen LogP contribution < -0.4 is 4.90 Å². The molecule has 0 saturated carbocycles. The lowest BCUT2D eigenvalue weighted by molar-refractivity contribution is -0.119. The maximum atomic E-state index is 13.3. The number of rotatable bonds is 5. The Balaban J connectivity index is 1.96. The number of aryl methyl sites for hydroxylation is 2. The molecule has 0 spiro atoms. The zero-order chi connectivity index (χ0) is 18.7. The number of nitrogens with zero attached hydrogens (tertiary/aromatic N) is 3. The van der Waals surface area contributed by atoms with Gasteiger partial charge in [0.05, 0.1) is 23.9 Å². The van der Waals surface area contributed by atoms with E-state index >= 15 is 0 Å². The van der Waals surface area contributed by atoms with Crippen molar-refractivity contribution >= 4 is 23.2 Å². The predicted octanol–water partition coefficient (Wildman–Crippen LogP) is 4.68. The first-order valence-corrected chi connectivity index (χ1v) is 8.74. The van der Waals surface area contributed by atoms with Crippen molar-refractivity contribution in [2.24, 2.45) is 0 Å². The van der Waals surface area contributed by atoms with E-state index in [1.807, 2.05) is 51.1 Å². The van der Waals surface area contributed by atoms with Crippen molar-refractivity contribution in [2.75, 3.05) is 4.90 Å². The normalized spacial score (nSPS) is 12.0. The number of hydrogen-bond donors (Lipinski definition) is 0. The van der Waals surface area contributed by atoms with Gasteiger partial charge in [0.15, 0.2) is 0 Å². The van der Waals surface area contributed by atoms with Gasteiger partial charge in [-0.05, 0) is 57.2 Å². The molecule has 1 amide bonds. The van der Waals surface area contributed by atoms with Gasteiger partial charge < -0.3 is 9.42 Å². The first-order valence-electron chi connectivity index (χ1n) is 8.37. The molecule has 134 valence electrons. The van der Waals surface area contributed by atoms with Crippen LogP contribution in [-0.2, 0) is 11.3 Å². The third-order valence-corrected chi connectivity index (χ3v) is 4.59. The van der Waals surface area contributed by atoms with Crippen molar-refractivity contribution in [1.82, 2.24) is 10.1 Å². The lowest BCUT2D eigenvalue weighted by Crippen LogP contribution is -2.34. The molecule has 26 heavy (non-hydrogen) atoms. The summed E-state index contributed by atoms with van der Waals surface area (Å²) in [6, 6.07) is 12.9. The first-order chi connectivity index (χ1) is 12.5. The molecule has 0 aliphatic carbocycles. The molecule has 3 rings (SSSR count). The average molecular weight is 370 g/mol. The molecule has 0 bridgehead atoms. The van der Waals surface area contributed by atoms with E-state index < -0.39 is 0 Å². The summed E-state index contributed by atoms with van der Waals surface area (Å²) < 4.78 is 5.24. The van der Waals surface area contributed by atoms with Crippen LogP contribution in [0.5, 0.6) is 0 Å². The minimum atomic E-state index is -0.388. The van der Waals surface area contributed by atoms with Gasteiger partial charge in [-0.15, -0.1) is 0 Å². The van der Waals surface area contributed by atoms with E-state index in [1.165, 1.54) is 0 Å². The van der Waals surface area contributed by atoms with Gasteiger partial charge in [0, 0.05) is 22.5 Å². The zero-order valence-electron chi connectivity index (χ0n) is 14.9. The summed E-state index contributed by atoms with van der Waals surface area (Å²) in [5.41, 5.74) is 3.14. The maximum absolute atomic E-state index is 13.3. The number of carbonyl (C=O) groups excluding carboxylic acids is 1. The summed E-state index contributed by atoms with van der Waals surface area (Å²) in [4.78, 5) is 19.4. The Hall–Kier alpha value is -2.66. The maximum Gasteiger partial charge on any atom is 0.234 e. The second kappa shape index (κ2) is 7.70. The Labute approximate surface area is 157 Å². The van der Waals surface area contributed by atoms with Crippen molar-refractivity contribution in [3.8, 4) is 0 Å². The van der Waals surface area contributed by atoms with Gasteiger partial charge in [0.2, 0.25) is 5.91 Å². The van der Waals surface area contributed by atoms with Gasteiger partial charge in [-0.3, -0.25) is 9.78 Å². The Bertz CT molecular complexity index is 872. The Morgan fingerprint density at radius 2 is 1.92 bits per heavy atom. The standard InChI is InChI=1S/C20H20ClN3O2/c1-13(19-14(2)23-26-15(19)3)20(25)24(12-17-6-4-5-11-22-17)18-9-7-16(21)8-10-18/h4-11,13H,12H2,1-3H3. The molecule has 0 aliphatic heterocycles. The summed E-state index contributed by atoms with van der Waals surface area (Å²) in [7, 11) is 0. The minimum Gasteiger partial charge on any atom is -0.361 e. The lowest BCUT2D eigenvalue weighted by atomic mass is 9.97. The summed E-state index contributed by atoms with van der Waals surface area (Å²) in [5.74, 6) is 0.227. The van der Waals surface area contributed by atoms with Crippen LogP contribution in [-0.4, -0.2) is 16.0 Å². The van der Waals surface area contributed by atoms with E-state index in [9.17, 15) is 4.79 Å². The highest BCUT2D eigenvalue weighted by Crippen LogP contribution is 2.28. The van der Waals surface area contributed by atoms with E-state index in [-0.39, 0.29) is 11.8 Å². The number of halogens is 1. The monoisotopic (exact) mass is 369 g/mol. The fourth-order valence-electron chi connectivity index (χ4n) is 3.04. The number of aromatic nitrogens is 2. The van der Waals surface area contributed by atoms with Crippen molar-refractivity contribution in [2.45, 2.75) is 33.2 Å². The summed E-state index contributed by atoms with van der Waals surface area (Å²) >= 11 is 6.01. The average Bonchev–Trinajstić information content (AvgIpc) is 2.99. The van der Waals surface area contributed by atoms with Gasteiger partial charge >= 0.3 is 0 Å². The molecular weight excluding hydrogens is 350 g/mol. The van der Waals surface area contributed by atoms with Crippen LogP contribution in [0.3, 0.4) is 0 Å². The van der Waals surface area contributed by atoms with E-state index in [0.717, 1.165) is 22.6 Å². The third-order valence-electron chi connectivity index (χ3n) is 4.34. The number of hydrogen-bond acceptors (Lipinski definition) is 4. The molecule has 2 aromatic heterocycles. The van der Waals surface area contributed by atoms with Crippen molar-refractivity contribution in [3.05, 3.63) is 76.4 Å². The number of amides is 1. The van der Waals surface area contributed by atoms with E-state index in [4.69, 9.17) is 16.1 Å². The first kappa shape index (κ1) is 18.1. The second-order valence-corrected chi connectivity index (χ2v) is 6.62. The number of pyridine rings is 1. The lowest BCUT2D eigenvalue weighted by Gasteiger charge is -2.26. The number of carbonyl (C=O) groups is 1. The SMILES string of the molecule is Cc1noc(C)c1C(C)C(=O)N(Cc1ccccn1)c1ccc(Cl)cc1.